The van der Waals surface area contributed by atoms with E-state index in [1.165, 1.54) is 0 Å². The van der Waals surface area contributed by atoms with Crippen molar-refractivity contribution in [2.45, 2.75) is 5.03 Å². The number of rotatable bonds is 2. The summed E-state index contributed by atoms with van der Waals surface area (Å²) in [6.07, 6.45) is 5.35. The van der Waals surface area contributed by atoms with Crippen LogP contribution < -0.4 is 0 Å². The fourth-order valence-corrected chi connectivity index (χ4v) is 2.23. The number of hydrogen-bond acceptors (Lipinski definition) is 4. The Morgan fingerprint density at radius 3 is 2.65 bits per heavy atom. The Morgan fingerprint density at radius 2 is 1.88 bits per heavy atom. The third kappa shape index (κ3) is 1.68. The van der Waals surface area contributed by atoms with E-state index >= 15 is 0 Å². The number of hydrogen-bond donors (Lipinski definition) is 0. The molecule has 1 aromatic carbocycles. The molecule has 4 nitrogen and oxygen atoms in total. The summed E-state index contributed by atoms with van der Waals surface area (Å²) in [7, 11) is 0. The van der Waals surface area contributed by atoms with Crippen LogP contribution in [0.25, 0.3) is 16.9 Å². The maximum Gasteiger partial charge on any atom is 0.168 e. The van der Waals surface area contributed by atoms with E-state index in [1.54, 1.807) is 24.4 Å². The first-order valence-corrected chi connectivity index (χ1v) is 6.40. The normalized spacial score (nSPS) is 10.9. The van der Waals surface area contributed by atoms with Crippen molar-refractivity contribution in [2.24, 2.45) is 0 Å². The summed E-state index contributed by atoms with van der Waals surface area (Å²) in [6, 6.07) is 10.0. The minimum atomic E-state index is 0.843. The molecule has 0 unspecified atom stereocenters. The van der Waals surface area contributed by atoms with Crippen LogP contribution in [0.2, 0.25) is 0 Å². The van der Waals surface area contributed by atoms with Crippen LogP contribution >= 0.6 is 11.8 Å². The highest BCUT2D eigenvalue weighted by molar-refractivity contribution is 7.98. The first kappa shape index (κ1) is 10.3. The zero-order valence-corrected chi connectivity index (χ0v) is 10.1. The molecule has 0 aliphatic heterocycles. The predicted molar refractivity (Wildman–Crippen MR) is 68.4 cm³/mol. The molecule has 0 saturated carbocycles. The lowest BCUT2D eigenvalue weighted by molar-refractivity contribution is 1.04. The van der Waals surface area contributed by atoms with E-state index in [4.69, 9.17) is 0 Å². The molecule has 3 aromatic rings. The molecule has 84 valence electrons. The number of fused-ring (bicyclic) bond motifs is 1. The predicted octanol–water partition coefficient (Wildman–Crippen LogP) is 2.54. The van der Waals surface area contributed by atoms with Gasteiger partial charge in [0.1, 0.15) is 23.2 Å². The number of thioether (sulfide) groups is 1. The van der Waals surface area contributed by atoms with Gasteiger partial charge in [0.15, 0.2) is 5.65 Å². The summed E-state index contributed by atoms with van der Waals surface area (Å²) in [5, 5.41) is 0.907. The number of para-hydroxylation sites is 1. The van der Waals surface area contributed by atoms with Crippen molar-refractivity contribution in [3.8, 4) is 5.69 Å². The molecule has 0 fully saturated rings. The largest absolute Gasteiger partial charge is 0.283 e. The molecule has 3 rings (SSSR count). The van der Waals surface area contributed by atoms with Crippen molar-refractivity contribution < 1.29 is 0 Å². The summed E-state index contributed by atoms with van der Waals surface area (Å²) in [4.78, 5) is 12.9. The Balaban J connectivity index is 2.26. The number of imidazole rings is 1. The van der Waals surface area contributed by atoms with Crippen LogP contribution in [0.15, 0.2) is 48.0 Å². The van der Waals surface area contributed by atoms with Crippen LogP contribution in [0.5, 0.6) is 0 Å². The second-order valence-electron chi connectivity index (χ2n) is 3.51. The van der Waals surface area contributed by atoms with Gasteiger partial charge in [-0.15, -0.1) is 11.8 Å². The maximum absolute atomic E-state index is 4.38. The van der Waals surface area contributed by atoms with E-state index in [-0.39, 0.29) is 0 Å². The molecule has 0 spiro atoms. The van der Waals surface area contributed by atoms with E-state index in [9.17, 15) is 0 Å². The smallest absolute Gasteiger partial charge is 0.168 e. The quantitative estimate of drug-likeness (QED) is 0.511. The first-order chi connectivity index (χ1) is 8.40. The number of benzene rings is 1. The molecule has 5 heteroatoms. The zero-order chi connectivity index (χ0) is 11.7. The molecular formula is C12H10N4S. The van der Waals surface area contributed by atoms with Crippen molar-refractivity contribution in [1.82, 2.24) is 19.5 Å². The first-order valence-electron chi connectivity index (χ1n) is 5.17. The Kier molecular flexibility index (Phi) is 2.53. The van der Waals surface area contributed by atoms with E-state index < -0.39 is 0 Å². The van der Waals surface area contributed by atoms with Crippen LogP contribution in [-0.4, -0.2) is 25.8 Å². The topological polar surface area (TPSA) is 43.6 Å². The average Bonchev–Trinajstić information content (AvgIpc) is 2.83. The number of aromatic nitrogens is 4. The van der Waals surface area contributed by atoms with Gasteiger partial charge in [-0.1, -0.05) is 18.2 Å². The highest BCUT2D eigenvalue weighted by Crippen LogP contribution is 2.22. The van der Waals surface area contributed by atoms with Crippen LogP contribution in [-0.2, 0) is 0 Å². The van der Waals surface area contributed by atoms with Gasteiger partial charge >= 0.3 is 0 Å². The molecule has 0 radical (unpaired) electrons. The van der Waals surface area contributed by atoms with Crippen LogP contribution in [0.1, 0.15) is 0 Å². The van der Waals surface area contributed by atoms with Gasteiger partial charge in [0, 0.05) is 5.69 Å². The van der Waals surface area contributed by atoms with Crippen molar-refractivity contribution in [3.63, 3.8) is 0 Å². The zero-order valence-electron chi connectivity index (χ0n) is 9.24. The third-order valence-electron chi connectivity index (χ3n) is 2.53. The van der Waals surface area contributed by atoms with E-state index in [0.717, 1.165) is 21.9 Å². The van der Waals surface area contributed by atoms with Crippen LogP contribution in [0, 0.1) is 0 Å². The monoisotopic (exact) mass is 242 g/mol. The van der Waals surface area contributed by atoms with Crippen molar-refractivity contribution in [3.05, 3.63) is 43.0 Å². The van der Waals surface area contributed by atoms with Crippen molar-refractivity contribution in [1.29, 1.82) is 0 Å². The molecule has 0 aliphatic rings. The maximum atomic E-state index is 4.38. The molecule has 2 heterocycles. The lowest BCUT2D eigenvalue weighted by Crippen LogP contribution is -1.94. The Morgan fingerprint density at radius 1 is 1.06 bits per heavy atom. The molecule has 0 atom stereocenters. The summed E-state index contributed by atoms with van der Waals surface area (Å²) in [5.74, 6) is 0. The average molecular weight is 242 g/mol. The van der Waals surface area contributed by atoms with Gasteiger partial charge in [-0.25, -0.2) is 15.0 Å². The highest BCUT2D eigenvalue weighted by Gasteiger charge is 2.09. The Labute approximate surface area is 103 Å². The van der Waals surface area contributed by atoms with E-state index in [0.29, 0.717) is 0 Å². The van der Waals surface area contributed by atoms with E-state index in [2.05, 4.69) is 15.0 Å². The summed E-state index contributed by atoms with van der Waals surface area (Å²) in [5.41, 5.74) is 2.75. The third-order valence-corrected chi connectivity index (χ3v) is 3.21. The Bertz CT molecular complexity index is 648. The highest BCUT2D eigenvalue weighted by atomic mass is 32.2. The molecule has 0 bridgehead atoms. The standard InChI is InChI=1S/C12H10N4S/c1-17-12-10-11(13-7-14-12)16(8-15-10)9-5-3-2-4-6-9/h2-8H,1H3. The second kappa shape index (κ2) is 4.18. The van der Waals surface area contributed by atoms with Gasteiger partial charge in [0.25, 0.3) is 0 Å². The van der Waals surface area contributed by atoms with Gasteiger partial charge in [-0.3, -0.25) is 4.57 Å². The SMILES string of the molecule is CSc1ncnc2c1ncn2-c1ccccc1. The molecule has 0 amide bonds. The van der Waals surface area contributed by atoms with Crippen LogP contribution in [0.4, 0.5) is 0 Å². The van der Waals surface area contributed by atoms with Crippen LogP contribution in [0.3, 0.4) is 0 Å². The summed E-state index contributed by atoms with van der Waals surface area (Å²) in [6.45, 7) is 0. The fourth-order valence-electron chi connectivity index (χ4n) is 1.74. The minimum Gasteiger partial charge on any atom is -0.283 e. The van der Waals surface area contributed by atoms with E-state index in [1.807, 2.05) is 41.2 Å². The fraction of sp³-hybridized carbons (Fsp3) is 0.0833. The van der Waals surface area contributed by atoms with Crippen molar-refractivity contribution in [2.75, 3.05) is 6.26 Å². The molecule has 2 aromatic heterocycles. The Hall–Kier alpha value is -1.88. The summed E-state index contributed by atoms with van der Waals surface area (Å²) < 4.78 is 1.97. The molecule has 0 N–H and O–H groups in total. The summed E-state index contributed by atoms with van der Waals surface area (Å²) >= 11 is 1.58. The van der Waals surface area contributed by atoms with Gasteiger partial charge < -0.3 is 0 Å². The number of nitrogens with zero attached hydrogens (tertiary/aromatic N) is 4. The lowest BCUT2D eigenvalue weighted by Gasteiger charge is -2.02. The minimum absolute atomic E-state index is 0.843. The van der Waals surface area contributed by atoms with Crippen molar-refractivity contribution >= 4 is 22.9 Å². The lowest BCUT2D eigenvalue weighted by atomic mass is 10.3. The molecule has 0 saturated heterocycles. The van der Waals surface area contributed by atoms with Gasteiger partial charge in [0.2, 0.25) is 0 Å². The molecule has 0 aliphatic carbocycles. The van der Waals surface area contributed by atoms with Gasteiger partial charge in [-0.2, -0.15) is 0 Å². The molecule has 17 heavy (non-hydrogen) atoms. The molecular weight excluding hydrogens is 232 g/mol. The van der Waals surface area contributed by atoms with Gasteiger partial charge in [0.05, 0.1) is 0 Å². The second-order valence-corrected chi connectivity index (χ2v) is 4.30. The van der Waals surface area contributed by atoms with Gasteiger partial charge in [-0.05, 0) is 18.4 Å².